The van der Waals surface area contributed by atoms with Crippen molar-refractivity contribution in [2.75, 3.05) is 30.9 Å². The molecule has 3 heterocycles. The Morgan fingerprint density at radius 3 is 2.55 bits per heavy atom. The summed E-state index contributed by atoms with van der Waals surface area (Å²) < 4.78 is 57.3. The molecule has 3 aromatic rings. The van der Waals surface area contributed by atoms with E-state index < -0.39 is 17.8 Å². The molecular weight excluding hydrogens is 392 g/mol. The molecule has 0 aliphatic heterocycles. The lowest BCUT2D eigenvalue weighted by Crippen LogP contribution is -2.11. The van der Waals surface area contributed by atoms with Crippen molar-refractivity contribution in [3.05, 3.63) is 54.2 Å². The third kappa shape index (κ3) is 5.57. The molecule has 0 aromatic carbocycles. The Labute approximate surface area is 163 Å². The fourth-order valence-electron chi connectivity index (χ4n) is 2.34. The second-order valence-corrected chi connectivity index (χ2v) is 5.78. The number of methoxy groups -OCH3 is 1. The van der Waals surface area contributed by atoms with Crippen molar-refractivity contribution in [2.45, 2.75) is 6.18 Å². The zero-order chi connectivity index (χ0) is 20.9. The zero-order valence-corrected chi connectivity index (χ0v) is 15.2. The van der Waals surface area contributed by atoms with Gasteiger partial charge < -0.3 is 15.4 Å². The minimum Gasteiger partial charge on any atom is -0.383 e. The van der Waals surface area contributed by atoms with E-state index in [1.165, 1.54) is 37.6 Å². The molecule has 0 atom stereocenters. The van der Waals surface area contributed by atoms with Gasteiger partial charge in [-0.05, 0) is 18.2 Å². The largest absolute Gasteiger partial charge is 0.433 e. The minimum absolute atomic E-state index is 0.0319. The summed E-state index contributed by atoms with van der Waals surface area (Å²) in [5.74, 6) is -0.152. The molecule has 29 heavy (non-hydrogen) atoms. The molecular formula is C18H16F4N6O. The topological polar surface area (TPSA) is 84.9 Å². The monoisotopic (exact) mass is 408 g/mol. The highest BCUT2D eigenvalue weighted by Crippen LogP contribution is 2.29. The van der Waals surface area contributed by atoms with Gasteiger partial charge in [0.1, 0.15) is 23.0 Å². The van der Waals surface area contributed by atoms with Crippen LogP contribution in [0, 0.1) is 5.95 Å². The highest BCUT2D eigenvalue weighted by Gasteiger charge is 2.32. The predicted molar refractivity (Wildman–Crippen MR) is 98.1 cm³/mol. The van der Waals surface area contributed by atoms with Gasteiger partial charge in [-0.25, -0.2) is 19.9 Å². The van der Waals surface area contributed by atoms with Crippen LogP contribution in [-0.4, -0.2) is 40.2 Å². The summed E-state index contributed by atoms with van der Waals surface area (Å²) in [5.41, 5.74) is -0.747. The van der Waals surface area contributed by atoms with Crippen molar-refractivity contribution in [3.8, 4) is 11.5 Å². The molecule has 0 fully saturated rings. The first-order valence-corrected chi connectivity index (χ1v) is 8.40. The molecule has 0 aliphatic carbocycles. The van der Waals surface area contributed by atoms with E-state index >= 15 is 0 Å². The number of hydrogen-bond donors (Lipinski definition) is 2. The molecule has 152 valence electrons. The van der Waals surface area contributed by atoms with Crippen LogP contribution in [0.4, 0.5) is 34.9 Å². The van der Waals surface area contributed by atoms with Crippen LogP contribution in [0.3, 0.4) is 0 Å². The normalized spacial score (nSPS) is 11.3. The lowest BCUT2D eigenvalue weighted by Gasteiger charge is -2.12. The first kappa shape index (κ1) is 20.4. The molecule has 3 rings (SSSR count). The Kier molecular flexibility index (Phi) is 6.17. The fraction of sp³-hybridized carbons (Fsp3) is 0.222. The number of hydrogen-bond acceptors (Lipinski definition) is 7. The average molecular weight is 408 g/mol. The van der Waals surface area contributed by atoms with Crippen LogP contribution in [0.1, 0.15) is 5.69 Å². The van der Waals surface area contributed by atoms with Crippen molar-refractivity contribution < 1.29 is 22.3 Å². The summed E-state index contributed by atoms with van der Waals surface area (Å²) in [6, 6.07) is 7.67. The van der Waals surface area contributed by atoms with E-state index in [0.717, 1.165) is 12.1 Å². The molecule has 0 unspecified atom stereocenters. The Hall–Kier alpha value is -3.34. The minimum atomic E-state index is -4.60. The molecule has 0 bridgehead atoms. The van der Waals surface area contributed by atoms with Crippen LogP contribution in [0.25, 0.3) is 11.5 Å². The van der Waals surface area contributed by atoms with E-state index in [1.807, 2.05) is 0 Å². The summed E-state index contributed by atoms with van der Waals surface area (Å²) in [7, 11) is 1.53. The lowest BCUT2D eigenvalue weighted by molar-refractivity contribution is -0.141. The highest BCUT2D eigenvalue weighted by atomic mass is 19.4. The maximum absolute atomic E-state index is 13.3. The van der Waals surface area contributed by atoms with Crippen molar-refractivity contribution in [2.24, 2.45) is 0 Å². The van der Waals surface area contributed by atoms with Gasteiger partial charge in [0.25, 0.3) is 0 Å². The van der Waals surface area contributed by atoms with E-state index in [9.17, 15) is 17.6 Å². The van der Waals surface area contributed by atoms with Gasteiger partial charge in [0.05, 0.1) is 6.61 Å². The Morgan fingerprint density at radius 1 is 1.03 bits per heavy atom. The first-order valence-electron chi connectivity index (χ1n) is 8.40. The van der Waals surface area contributed by atoms with Gasteiger partial charge in [-0.2, -0.15) is 17.6 Å². The number of halogens is 4. The Balaban J connectivity index is 1.98. The summed E-state index contributed by atoms with van der Waals surface area (Å²) in [6.07, 6.45) is -3.33. The second kappa shape index (κ2) is 8.78. The molecule has 0 radical (unpaired) electrons. The molecule has 7 nitrogen and oxygen atoms in total. The first-order chi connectivity index (χ1) is 13.8. The van der Waals surface area contributed by atoms with Crippen LogP contribution in [0.2, 0.25) is 0 Å². The number of anilines is 3. The summed E-state index contributed by atoms with van der Waals surface area (Å²) >= 11 is 0. The molecule has 0 saturated heterocycles. The van der Waals surface area contributed by atoms with Crippen LogP contribution in [-0.2, 0) is 10.9 Å². The third-order valence-electron chi connectivity index (χ3n) is 3.61. The average Bonchev–Trinajstić information content (AvgIpc) is 2.67. The molecule has 3 aromatic heterocycles. The van der Waals surface area contributed by atoms with Crippen LogP contribution >= 0.6 is 0 Å². The predicted octanol–water partition coefficient (Wildman–Crippen LogP) is 3.89. The van der Waals surface area contributed by atoms with Crippen LogP contribution < -0.4 is 10.6 Å². The van der Waals surface area contributed by atoms with Gasteiger partial charge in [-0.3, -0.25) is 0 Å². The Bertz CT molecular complexity index is 983. The van der Waals surface area contributed by atoms with Gasteiger partial charge >= 0.3 is 6.18 Å². The molecule has 0 spiro atoms. The molecule has 11 heteroatoms. The van der Waals surface area contributed by atoms with Gasteiger partial charge in [0, 0.05) is 37.7 Å². The van der Waals surface area contributed by atoms with Crippen molar-refractivity contribution in [1.29, 1.82) is 0 Å². The SMILES string of the molecule is COCCNc1cc(Nc2ccnc(F)c2)nc(-c2cccc(C(F)(F)F)n2)n1. The van der Waals surface area contributed by atoms with Crippen LogP contribution in [0.5, 0.6) is 0 Å². The maximum atomic E-state index is 13.3. The van der Waals surface area contributed by atoms with Crippen LogP contribution in [0.15, 0.2) is 42.6 Å². The van der Waals surface area contributed by atoms with Gasteiger partial charge in [0.2, 0.25) is 5.95 Å². The van der Waals surface area contributed by atoms with E-state index in [0.29, 0.717) is 24.7 Å². The Morgan fingerprint density at radius 2 is 1.83 bits per heavy atom. The number of nitrogens with zero attached hydrogens (tertiary/aromatic N) is 4. The van der Waals surface area contributed by atoms with E-state index in [-0.39, 0.29) is 17.3 Å². The van der Waals surface area contributed by atoms with Crippen molar-refractivity contribution in [3.63, 3.8) is 0 Å². The van der Waals surface area contributed by atoms with Crippen molar-refractivity contribution in [1.82, 2.24) is 19.9 Å². The molecule has 2 N–H and O–H groups in total. The van der Waals surface area contributed by atoms with Gasteiger partial charge in [0.15, 0.2) is 5.82 Å². The number of aromatic nitrogens is 4. The van der Waals surface area contributed by atoms with E-state index in [2.05, 4.69) is 30.6 Å². The number of nitrogens with one attached hydrogen (secondary N) is 2. The summed E-state index contributed by atoms with van der Waals surface area (Å²) in [6.45, 7) is 0.797. The second-order valence-electron chi connectivity index (χ2n) is 5.78. The number of ether oxygens (including phenoxy) is 1. The smallest absolute Gasteiger partial charge is 0.383 e. The van der Waals surface area contributed by atoms with Gasteiger partial charge in [-0.15, -0.1) is 0 Å². The number of pyridine rings is 2. The zero-order valence-electron chi connectivity index (χ0n) is 15.2. The third-order valence-corrected chi connectivity index (χ3v) is 3.61. The van der Waals surface area contributed by atoms with Crippen molar-refractivity contribution >= 4 is 17.3 Å². The van der Waals surface area contributed by atoms with E-state index in [4.69, 9.17) is 4.74 Å². The quantitative estimate of drug-likeness (QED) is 0.349. The molecule has 0 aliphatic rings. The standard InChI is InChI=1S/C18H16F4N6O/c1-29-8-7-24-15-10-16(25-11-5-6-23-14(19)9-11)28-17(27-15)12-3-2-4-13(26-12)18(20,21)22/h2-6,9-10H,7-8H2,1H3,(H2,23,24,25,27,28). The highest BCUT2D eigenvalue weighted by molar-refractivity contribution is 5.63. The lowest BCUT2D eigenvalue weighted by atomic mass is 10.2. The maximum Gasteiger partial charge on any atom is 0.433 e. The van der Waals surface area contributed by atoms with E-state index in [1.54, 1.807) is 0 Å². The number of alkyl halides is 3. The molecule has 0 amide bonds. The summed E-state index contributed by atoms with van der Waals surface area (Å²) in [5, 5.41) is 5.86. The number of rotatable bonds is 7. The van der Waals surface area contributed by atoms with Gasteiger partial charge in [-0.1, -0.05) is 6.07 Å². The fourth-order valence-corrected chi connectivity index (χ4v) is 2.34. The summed E-state index contributed by atoms with van der Waals surface area (Å²) in [4.78, 5) is 15.5. The molecule has 0 saturated carbocycles.